The zero-order valence-corrected chi connectivity index (χ0v) is 9.01. The molecule has 0 aromatic rings. The Balaban J connectivity index is 3.25. The molecule has 0 aliphatic heterocycles. The standard InChI is InChI=1S/C11H24O/c1-9(2)8-10(3)6-5-7-11(4)12/h9-12H,5-8H2,1-4H3. The molecule has 0 saturated carbocycles. The summed E-state index contributed by atoms with van der Waals surface area (Å²) in [7, 11) is 0. The summed E-state index contributed by atoms with van der Waals surface area (Å²) in [5.41, 5.74) is 0. The van der Waals surface area contributed by atoms with Crippen LogP contribution in [0.5, 0.6) is 0 Å². The van der Waals surface area contributed by atoms with E-state index in [2.05, 4.69) is 20.8 Å². The molecule has 0 heterocycles. The molecular formula is C11H24O. The Morgan fingerprint density at radius 2 is 1.58 bits per heavy atom. The van der Waals surface area contributed by atoms with Crippen molar-refractivity contribution in [1.82, 2.24) is 0 Å². The maximum absolute atomic E-state index is 9.05. The number of aliphatic hydroxyl groups excluding tert-OH is 1. The second kappa shape index (κ2) is 6.47. The van der Waals surface area contributed by atoms with Gasteiger partial charge in [-0.3, -0.25) is 0 Å². The predicted octanol–water partition coefficient (Wildman–Crippen LogP) is 3.22. The second-order valence-electron chi connectivity index (χ2n) is 4.51. The van der Waals surface area contributed by atoms with Gasteiger partial charge in [-0.1, -0.05) is 33.6 Å². The molecule has 0 aliphatic rings. The fourth-order valence-electron chi connectivity index (χ4n) is 1.68. The first-order valence-corrected chi connectivity index (χ1v) is 5.20. The van der Waals surface area contributed by atoms with Gasteiger partial charge in [0.25, 0.3) is 0 Å². The van der Waals surface area contributed by atoms with Crippen molar-refractivity contribution in [2.75, 3.05) is 0 Å². The van der Waals surface area contributed by atoms with E-state index in [0.717, 1.165) is 18.3 Å². The van der Waals surface area contributed by atoms with E-state index in [9.17, 15) is 0 Å². The molecule has 0 aromatic carbocycles. The average molecular weight is 172 g/mol. The Hall–Kier alpha value is -0.0400. The maximum atomic E-state index is 9.05. The molecule has 1 nitrogen and oxygen atoms in total. The van der Waals surface area contributed by atoms with Gasteiger partial charge in [-0.05, 0) is 31.6 Å². The molecule has 74 valence electrons. The lowest BCUT2D eigenvalue weighted by Crippen LogP contribution is -2.03. The lowest BCUT2D eigenvalue weighted by molar-refractivity contribution is 0.177. The molecule has 1 N–H and O–H groups in total. The normalized spacial score (nSPS) is 16.5. The van der Waals surface area contributed by atoms with E-state index in [1.807, 2.05) is 6.92 Å². The van der Waals surface area contributed by atoms with Gasteiger partial charge in [0.1, 0.15) is 0 Å². The van der Waals surface area contributed by atoms with Crippen molar-refractivity contribution in [2.45, 2.75) is 59.5 Å². The van der Waals surface area contributed by atoms with Crippen LogP contribution in [-0.4, -0.2) is 11.2 Å². The maximum Gasteiger partial charge on any atom is 0.0512 e. The third-order valence-corrected chi connectivity index (χ3v) is 2.19. The lowest BCUT2D eigenvalue weighted by atomic mass is 9.94. The smallest absolute Gasteiger partial charge is 0.0512 e. The molecule has 0 spiro atoms. The third kappa shape index (κ3) is 8.06. The molecule has 0 amide bonds. The first-order chi connectivity index (χ1) is 5.52. The highest BCUT2D eigenvalue weighted by atomic mass is 16.3. The molecule has 0 radical (unpaired) electrons. The first kappa shape index (κ1) is 12.0. The van der Waals surface area contributed by atoms with Gasteiger partial charge in [-0.25, -0.2) is 0 Å². The fourth-order valence-corrected chi connectivity index (χ4v) is 1.68. The minimum Gasteiger partial charge on any atom is -0.393 e. The number of hydrogen-bond acceptors (Lipinski definition) is 1. The van der Waals surface area contributed by atoms with Crippen molar-refractivity contribution >= 4 is 0 Å². The fraction of sp³-hybridized carbons (Fsp3) is 1.00. The van der Waals surface area contributed by atoms with Crippen LogP contribution >= 0.6 is 0 Å². The molecule has 2 atom stereocenters. The van der Waals surface area contributed by atoms with Crippen molar-refractivity contribution in [1.29, 1.82) is 0 Å². The second-order valence-corrected chi connectivity index (χ2v) is 4.51. The molecule has 1 heteroatoms. The monoisotopic (exact) mass is 172 g/mol. The van der Waals surface area contributed by atoms with Gasteiger partial charge in [0.2, 0.25) is 0 Å². The van der Waals surface area contributed by atoms with Crippen molar-refractivity contribution in [3.05, 3.63) is 0 Å². The van der Waals surface area contributed by atoms with E-state index >= 15 is 0 Å². The number of aliphatic hydroxyl groups is 1. The van der Waals surface area contributed by atoms with Gasteiger partial charge in [0.05, 0.1) is 6.10 Å². The highest BCUT2D eigenvalue weighted by Crippen LogP contribution is 2.17. The zero-order valence-electron chi connectivity index (χ0n) is 9.01. The molecule has 2 unspecified atom stereocenters. The SMILES string of the molecule is CC(C)CC(C)CCCC(C)O. The molecule has 0 bridgehead atoms. The van der Waals surface area contributed by atoms with Gasteiger partial charge < -0.3 is 5.11 Å². The summed E-state index contributed by atoms with van der Waals surface area (Å²) < 4.78 is 0. The molecular weight excluding hydrogens is 148 g/mol. The number of hydrogen-bond donors (Lipinski definition) is 1. The Kier molecular flexibility index (Phi) is 6.45. The highest BCUT2D eigenvalue weighted by molar-refractivity contribution is 4.57. The molecule has 0 saturated heterocycles. The summed E-state index contributed by atoms with van der Waals surface area (Å²) in [6.45, 7) is 8.71. The first-order valence-electron chi connectivity index (χ1n) is 5.20. The minimum atomic E-state index is -0.115. The summed E-state index contributed by atoms with van der Waals surface area (Å²) in [6.07, 6.45) is 4.60. The molecule has 0 aromatic heterocycles. The van der Waals surface area contributed by atoms with Crippen LogP contribution in [0, 0.1) is 11.8 Å². The minimum absolute atomic E-state index is 0.115. The Morgan fingerprint density at radius 1 is 1.00 bits per heavy atom. The van der Waals surface area contributed by atoms with Crippen LogP contribution in [0.2, 0.25) is 0 Å². The van der Waals surface area contributed by atoms with Crippen LogP contribution in [0.1, 0.15) is 53.4 Å². The quantitative estimate of drug-likeness (QED) is 0.652. The van der Waals surface area contributed by atoms with Crippen LogP contribution in [0.3, 0.4) is 0 Å². The van der Waals surface area contributed by atoms with Gasteiger partial charge >= 0.3 is 0 Å². The van der Waals surface area contributed by atoms with Gasteiger partial charge in [0, 0.05) is 0 Å². The van der Waals surface area contributed by atoms with Crippen LogP contribution < -0.4 is 0 Å². The van der Waals surface area contributed by atoms with E-state index < -0.39 is 0 Å². The number of rotatable bonds is 6. The summed E-state index contributed by atoms with van der Waals surface area (Å²) >= 11 is 0. The summed E-state index contributed by atoms with van der Waals surface area (Å²) in [5.74, 6) is 1.63. The zero-order chi connectivity index (χ0) is 9.56. The topological polar surface area (TPSA) is 20.2 Å². The Bertz CT molecular complexity index is 97.2. The van der Waals surface area contributed by atoms with E-state index in [4.69, 9.17) is 5.11 Å². The molecule has 0 rings (SSSR count). The summed E-state index contributed by atoms with van der Waals surface area (Å²) in [5, 5.41) is 9.05. The third-order valence-electron chi connectivity index (χ3n) is 2.19. The van der Waals surface area contributed by atoms with Crippen molar-refractivity contribution in [3.63, 3.8) is 0 Å². The van der Waals surface area contributed by atoms with Gasteiger partial charge in [-0.2, -0.15) is 0 Å². The van der Waals surface area contributed by atoms with Crippen molar-refractivity contribution in [3.8, 4) is 0 Å². The van der Waals surface area contributed by atoms with Gasteiger partial charge in [0.15, 0.2) is 0 Å². The van der Waals surface area contributed by atoms with E-state index in [1.54, 1.807) is 0 Å². The largest absolute Gasteiger partial charge is 0.393 e. The van der Waals surface area contributed by atoms with Crippen LogP contribution in [-0.2, 0) is 0 Å². The van der Waals surface area contributed by atoms with Crippen LogP contribution in [0.15, 0.2) is 0 Å². The molecule has 12 heavy (non-hydrogen) atoms. The Morgan fingerprint density at radius 3 is 2.00 bits per heavy atom. The predicted molar refractivity (Wildman–Crippen MR) is 54.2 cm³/mol. The van der Waals surface area contributed by atoms with Gasteiger partial charge in [-0.15, -0.1) is 0 Å². The van der Waals surface area contributed by atoms with Crippen LogP contribution in [0.25, 0.3) is 0 Å². The molecule has 0 aliphatic carbocycles. The summed E-state index contributed by atoms with van der Waals surface area (Å²) in [4.78, 5) is 0. The highest BCUT2D eigenvalue weighted by Gasteiger charge is 2.05. The lowest BCUT2D eigenvalue weighted by Gasteiger charge is -2.13. The van der Waals surface area contributed by atoms with Crippen molar-refractivity contribution < 1.29 is 5.11 Å². The molecule has 0 fully saturated rings. The van der Waals surface area contributed by atoms with Crippen molar-refractivity contribution in [2.24, 2.45) is 11.8 Å². The average Bonchev–Trinajstić information content (AvgIpc) is 1.84. The van der Waals surface area contributed by atoms with E-state index in [1.165, 1.54) is 19.3 Å². The van der Waals surface area contributed by atoms with E-state index in [0.29, 0.717) is 0 Å². The van der Waals surface area contributed by atoms with Crippen LogP contribution in [0.4, 0.5) is 0 Å². The van der Waals surface area contributed by atoms with E-state index in [-0.39, 0.29) is 6.10 Å². The summed E-state index contributed by atoms with van der Waals surface area (Å²) in [6, 6.07) is 0. The Labute approximate surface area is 77.2 Å².